The van der Waals surface area contributed by atoms with Crippen LogP contribution < -0.4 is 5.73 Å². The van der Waals surface area contributed by atoms with Crippen LogP contribution in [0, 0.1) is 0 Å². The Morgan fingerprint density at radius 3 is 2.89 bits per heavy atom. The SMILES string of the molecule is NCC1C=NC(CI)S1. The Morgan fingerprint density at radius 1 is 1.78 bits per heavy atom. The van der Waals surface area contributed by atoms with Crippen LogP contribution in [0.3, 0.4) is 0 Å². The summed E-state index contributed by atoms with van der Waals surface area (Å²) in [5.74, 6) is 0. The number of rotatable bonds is 2. The first-order valence-electron chi connectivity index (χ1n) is 2.81. The van der Waals surface area contributed by atoms with E-state index in [-0.39, 0.29) is 0 Å². The number of hydrogen-bond donors (Lipinski definition) is 1. The molecule has 2 unspecified atom stereocenters. The van der Waals surface area contributed by atoms with Crippen LogP contribution in [-0.2, 0) is 0 Å². The predicted octanol–water partition coefficient (Wildman–Crippen LogP) is 0.892. The van der Waals surface area contributed by atoms with Gasteiger partial charge in [0.05, 0.1) is 5.25 Å². The Bertz CT molecular complexity index is 106. The molecule has 0 radical (unpaired) electrons. The molecule has 1 aliphatic rings. The summed E-state index contributed by atoms with van der Waals surface area (Å²) in [4.78, 5) is 4.26. The Hall–Kier alpha value is 0.710. The number of nitrogens with zero attached hydrogens (tertiary/aromatic N) is 1. The van der Waals surface area contributed by atoms with Crippen molar-refractivity contribution >= 4 is 40.6 Å². The van der Waals surface area contributed by atoms with Gasteiger partial charge in [-0.05, 0) is 0 Å². The molecule has 2 atom stereocenters. The highest BCUT2D eigenvalue weighted by atomic mass is 127. The first kappa shape index (κ1) is 7.81. The van der Waals surface area contributed by atoms with Crippen LogP contribution in [0.1, 0.15) is 0 Å². The summed E-state index contributed by atoms with van der Waals surface area (Å²) in [6, 6.07) is 0. The molecule has 0 spiro atoms. The summed E-state index contributed by atoms with van der Waals surface area (Å²) in [7, 11) is 0. The number of aliphatic imine (C=N–C) groups is 1. The molecule has 0 aromatic rings. The Morgan fingerprint density at radius 2 is 2.56 bits per heavy atom. The molecule has 1 heterocycles. The lowest BCUT2D eigenvalue weighted by Crippen LogP contribution is -2.16. The highest BCUT2D eigenvalue weighted by molar-refractivity contribution is 14.1. The van der Waals surface area contributed by atoms with Gasteiger partial charge in [-0.3, -0.25) is 4.99 Å². The summed E-state index contributed by atoms with van der Waals surface area (Å²) in [6.07, 6.45) is 1.97. The van der Waals surface area contributed by atoms with Crippen LogP contribution in [0.5, 0.6) is 0 Å². The minimum absolute atomic E-state index is 0.471. The molecular weight excluding hydrogens is 247 g/mol. The normalized spacial score (nSPS) is 33.6. The standard InChI is InChI=1S/C5H9IN2S/c6-1-5-8-3-4(2-7)9-5/h3-5H,1-2,7H2. The van der Waals surface area contributed by atoms with Gasteiger partial charge in [0, 0.05) is 17.2 Å². The van der Waals surface area contributed by atoms with Gasteiger partial charge in [-0.25, -0.2) is 0 Å². The lowest BCUT2D eigenvalue weighted by Gasteiger charge is -2.03. The minimum atomic E-state index is 0.471. The van der Waals surface area contributed by atoms with Crippen LogP contribution in [0.25, 0.3) is 0 Å². The van der Waals surface area contributed by atoms with Gasteiger partial charge in [0.2, 0.25) is 0 Å². The van der Waals surface area contributed by atoms with E-state index < -0.39 is 0 Å². The van der Waals surface area contributed by atoms with E-state index in [2.05, 4.69) is 27.6 Å². The summed E-state index contributed by atoms with van der Waals surface area (Å²) in [6.45, 7) is 0.724. The number of alkyl halides is 1. The molecule has 4 heteroatoms. The molecule has 52 valence electrons. The number of nitrogens with two attached hydrogens (primary N) is 1. The number of hydrogen-bond acceptors (Lipinski definition) is 3. The van der Waals surface area contributed by atoms with E-state index >= 15 is 0 Å². The molecule has 9 heavy (non-hydrogen) atoms. The van der Waals surface area contributed by atoms with E-state index in [9.17, 15) is 0 Å². The van der Waals surface area contributed by atoms with Crippen LogP contribution in [0.2, 0.25) is 0 Å². The van der Waals surface area contributed by atoms with Gasteiger partial charge in [-0.2, -0.15) is 0 Å². The van der Waals surface area contributed by atoms with Gasteiger partial charge in [-0.15, -0.1) is 11.8 Å². The van der Waals surface area contributed by atoms with E-state index in [0.29, 0.717) is 10.6 Å². The fourth-order valence-electron chi connectivity index (χ4n) is 0.657. The number of halogens is 1. The van der Waals surface area contributed by atoms with Gasteiger partial charge in [-0.1, -0.05) is 22.6 Å². The highest BCUT2D eigenvalue weighted by Crippen LogP contribution is 2.24. The van der Waals surface area contributed by atoms with Crippen molar-refractivity contribution < 1.29 is 0 Å². The largest absolute Gasteiger partial charge is 0.329 e. The molecule has 0 aromatic carbocycles. The second kappa shape index (κ2) is 3.78. The van der Waals surface area contributed by atoms with E-state index in [4.69, 9.17) is 5.73 Å². The van der Waals surface area contributed by atoms with E-state index in [1.807, 2.05) is 18.0 Å². The minimum Gasteiger partial charge on any atom is -0.329 e. The van der Waals surface area contributed by atoms with Crippen LogP contribution in [0.4, 0.5) is 0 Å². The number of thioether (sulfide) groups is 1. The molecule has 0 aromatic heterocycles. The van der Waals surface area contributed by atoms with Crippen LogP contribution in [0.15, 0.2) is 4.99 Å². The van der Waals surface area contributed by atoms with Crippen molar-refractivity contribution in [1.29, 1.82) is 0 Å². The maximum atomic E-state index is 5.44. The van der Waals surface area contributed by atoms with E-state index in [1.54, 1.807) is 0 Å². The fourth-order valence-corrected chi connectivity index (χ4v) is 2.38. The third kappa shape index (κ3) is 2.09. The smallest absolute Gasteiger partial charge is 0.104 e. The monoisotopic (exact) mass is 256 g/mol. The third-order valence-electron chi connectivity index (χ3n) is 1.11. The van der Waals surface area contributed by atoms with Crippen molar-refractivity contribution in [2.24, 2.45) is 10.7 Å². The van der Waals surface area contributed by atoms with Crippen molar-refractivity contribution in [3.05, 3.63) is 0 Å². The summed E-state index contributed by atoms with van der Waals surface area (Å²) in [5.41, 5.74) is 5.44. The lowest BCUT2D eigenvalue weighted by atomic mass is 10.5. The first-order chi connectivity index (χ1) is 4.36. The highest BCUT2D eigenvalue weighted by Gasteiger charge is 2.17. The molecule has 0 amide bonds. The van der Waals surface area contributed by atoms with Gasteiger partial charge < -0.3 is 5.73 Å². The van der Waals surface area contributed by atoms with Crippen molar-refractivity contribution in [3.63, 3.8) is 0 Å². The third-order valence-corrected chi connectivity index (χ3v) is 3.81. The molecule has 0 fully saturated rings. The maximum Gasteiger partial charge on any atom is 0.104 e. The zero-order chi connectivity index (χ0) is 6.69. The average molecular weight is 256 g/mol. The lowest BCUT2D eigenvalue weighted by molar-refractivity contribution is 1.08. The summed E-state index contributed by atoms with van der Waals surface area (Å²) >= 11 is 4.20. The predicted molar refractivity (Wildman–Crippen MR) is 51.6 cm³/mol. The molecule has 0 saturated carbocycles. The Kier molecular flexibility index (Phi) is 3.28. The topological polar surface area (TPSA) is 38.4 Å². The molecule has 2 N–H and O–H groups in total. The molecular formula is C5H9IN2S. The molecule has 0 saturated heterocycles. The van der Waals surface area contributed by atoms with Gasteiger partial charge in [0.15, 0.2) is 0 Å². The van der Waals surface area contributed by atoms with Crippen molar-refractivity contribution in [3.8, 4) is 0 Å². The van der Waals surface area contributed by atoms with Crippen molar-refractivity contribution in [2.45, 2.75) is 10.6 Å². The van der Waals surface area contributed by atoms with E-state index in [0.717, 1.165) is 11.0 Å². The van der Waals surface area contributed by atoms with Gasteiger partial charge in [0.25, 0.3) is 0 Å². The fraction of sp³-hybridized carbons (Fsp3) is 0.800. The van der Waals surface area contributed by atoms with Crippen LogP contribution >= 0.6 is 34.4 Å². The summed E-state index contributed by atoms with van der Waals surface area (Å²) in [5, 5.41) is 0.948. The van der Waals surface area contributed by atoms with Gasteiger partial charge in [0.1, 0.15) is 5.37 Å². The maximum absolute atomic E-state index is 5.44. The zero-order valence-corrected chi connectivity index (χ0v) is 7.93. The Balaban J connectivity index is 2.31. The molecule has 0 bridgehead atoms. The molecule has 0 aliphatic carbocycles. The second-order valence-corrected chi connectivity index (χ2v) is 4.12. The Labute approximate surface area is 72.8 Å². The summed E-state index contributed by atoms with van der Waals surface area (Å²) < 4.78 is 1.09. The van der Waals surface area contributed by atoms with Crippen molar-refractivity contribution in [1.82, 2.24) is 0 Å². The molecule has 1 aliphatic heterocycles. The van der Waals surface area contributed by atoms with E-state index in [1.165, 1.54) is 0 Å². The zero-order valence-electron chi connectivity index (χ0n) is 4.96. The second-order valence-electron chi connectivity index (χ2n) is 1.82. The molecule has 2 nitrogen and oxygen atoms in total. The van der Waals surface area contributed by atoms with Gasteiger partial charge >= 0.3 is 0 Å². The van der Waals surface area contributed by atoms with Crippen LogP contribution in [-0.4, -0.2) is 27.8 Å². The van der Waals surface area contributed by atoms with Crippen molar-refractivity contribution in [2.75, 3.05) is 11.0 Å². The molecule has 1 rings (SSSR count). The first-order valence-corrected chi connectivity index (χ1v) is 5.28. The quantitative estimate of drug-likeness (QED) is 0.588. The average Bonchev–Trinajstić information content (AvgIpc) is 2.34.